The average Bonchev–Trinajstić information content (AvgIpc) is 3.13. The van der Waals surface area contributed by atoms with Gasteiger partial charge in [0.05, 0.1) is 23.6 Å². The number of halogens is 3. The molecule has 0 spiro atoms. The predicted molar refractivity (Wildman–Crippen MR) is 146 cm³/mol. The van der Waals surface area contributed by atoms with Gasteiger partial charge in [0, 0.05) is 16.3 Å². The fraction of sp³-hybridized carbons (Fsp3) is 0.148. The van der Waals surface area contributed by atoms with Crippen LogP contribution < -0.4 is 14.8 Å². The van der Waals surface area contributed by atoms with E-state index >= 15 is 0 Å². The summed E-state index contributed by atoms with van der Waals surface area (Å²) in [5.74, 6) is -1.13. The summed E-state index contributed by atoms with van der Waals surface area (Å²) in [5, 5.41) is 2.83. The summed E-state index contributed by atoms with van der Waals surface area (Å²) in [7, 11) is 1.40. The van der Waals surface area contributed by atoms with Crippen molar-refractivity contribution >= 4 is 63.8 Å². The minimum Gasteiger partial charge on any atom is -0.493 e. The van der Waals surface area contributed by atoms with Crippen molar-refractivity contribution in [3.63, 3.8) is 0 Å². The minimum absolute atomic E-state index is 0.132. The molecule has 7 nitrogen and oxygen atoms in total. The third-order valence-corrected chi connectivity index (χ3v) is 7.11. The molecule has 11 heteroatoms. The molecule has 38 heavy (non-hydrogen) atoms. The third kappa shape index (κ3) is 6.30. The average molecular weight is 575 g/mol. The monoisotopic (exact) mass is 574 g/mol. The van der Waals surface area contributed by atoms with E-state index in [1.165, 1.54) is 37.5 Å². The highest BCUT2D eigenvalue weighted by Gasteiger charge is 2.35. The highest BCUT2D eigenvalue weighted by molar-refractivity contribution is 8.18. The molecular formula is C27H21Cl2FN2O5S. The van der Waals surface area contributed by atoms with Crippen molar-refractivity contribution < 1.29 is 28.2 Å². The normalized spacial score (nSPS) is 14.2. The molecule has 1 aliphatic rings. The zero-order valence-electron chi connectivity index (χ0n) is 20.2. The van der Waals surface area contributed by atoms with Crippen molar-refractivity contribution in [1.82, 2.24) is 4.90 Å². The Kier molecular flexibility index (Phi) is 8.61. The quantitative estimate of drug-likeness (QED) is 0.301. The van der Waals surface area contributed by atoms with Crippen molar-refractivity contribution in [3.05, 3.63) is 92.1 Å². The lowest BCUT2D eigenvalue weighted by molar-refractivity contribution is -0.123. The molecule has 196 valence electrons. The van der Waals surface area contributed by atoms with Gasteiger partial charge in [-0.15, -0.1) is 0 Å². The number of nitrogens with zero attached hydrogens (tertiary/aromatic N) is 1. The van der Waals surface area contributed by atoms with Gasteiger partial charge in [0.2, 0.25) is 0 Å². The van der Waals surface area contributed by atoms with Gasteiger partial charge >= 0.3 is 0 Å². The lowest BCUT2D eigenvalue weighted by atomic mass is 10.1. The Morgan fingerprint density at radius 2 is 1.87 bits per heavy atom. The Balaban J connectivity index is 1.47. The number of nitrogens with one attached hydrogen (secondary N) is 1. The number of amides is 3. The van der Waals surface area contributed by atoms with Crippen LogP contribution in [-0.2, 0) is 16.1 Å². The Hall–Kier alpha value is -3.53. The molecule has 0 aromatic heterocycles. The molecule has 1 fully saturated rings. The molecule has 0 saturated carbocycles. The van der Waals surface area contributed by atoms with Crippen LogP contribution in [0.1, 0.15) is 16.7 Å². The van der Waals surface area contributed by atoms with Gasteiger partial charge in [0.25, 0.3) is 17.1 Å². The number of anilines is 1. The number of carbonyl (C=O) groups excluding carboxylic acids is 3. The molecule has 0 radical (unpaired) electrons. The first-order chi connectivity index (χ1) is 18.2. The van der Waals surface area contributed by atoms with Crippen LogP contribution in [0.5, 0.6) is 11.5 Å². The van der Waals surface area contributed by atoms with Crippen molar-refractivity contribution in [1.29, 1.82) is 0 Å². The van der Waals surface area contributed by atoms with Gasteiger partial charge in [0.1, 0.15) is 5.82 Å². The molecule has 1 heterocycles. The molecule has 0 bridgehead atoms. The van der Waals surface area contributed by atoms with Gasteiger partial charge in [-0.3, -0.25) is 19.3 Å². The van der Waals surface area contributed by atoms with E-state index in [1.807, 2.05) is 6.92 Å². The van der Waals surface area contributed by atoms with E-state index in [9.17, 15) is 18.8 Å². The van der Waals surface area contributed by atoms with E-state index in [-0.39, 0.29) is 40.1 Å². The molecular weight excluding hydrogens is 554 g/mol. The molecule has 4 rings (SSSR count). The Morgan fingerprint density at radius 1 is 1.11 bits per heavy atom. The number of hydrogen-bond donors (Lipinski definition) is 1. The van der Waals surface area contributed by atoms with E-state index in [0.29, 0.717) is 16.3 Å². The van der Waals surface area contributed by atoms with Crippen LogP contribution in [0.2, 0.25) is 10.0 Å². The number of methoxy groups -OCH3 is 1. The van der Waals surface area contributed by atoms with Gasteiger partial charge in [-0.2, -0.15) is 0 Å². The maximum atomic E-state index is 14.0. The second-order valence-electron chi connectivity index (χ2n) is 8.19. The summed E-state index contributed by atoms with van der Waals surface area (Å²) in [6.45, 7) is 1.32. The predicted octanol–water partition coefficient (Wildman–Crippen LogP) is 6.70. The first kappa shape index (κ1) is 27.5. The highest BCUT2D eigenvalue weighted by atomic mass is 35.5. The summed E-state index contributed by atoms with van der Waals surface area (Å²) < 4.78 is 25.0. The van der Waals surface area contributed by atoms with Gasteiger partial charge in [-0.05, 0) is 66.2 Å². The smallest absolute Gasteiger partial charge is 0.293 e. The summed E-state index contributed by atoms with van der Waals surface area (Å²) in [6, 6.07) is 14.2. The summed E-state index contributed by atoms with van der Waals surface area (Å²) in [4.78, 5) is 38.8. The second kappa shape index (κ2) is 11.9. The van der Waals surface area contributed by atoms with Crippen molar-refractivity contribution in [3.8, 4) is 11.5 Å². The molecule has 3 aromatic carbocycles. The van der Waals surface area contributed by atoms with E-state index in [4.69, 9.17) is 32.7 Å². The van der Waals surface area contributed by atoms with Crippen LogP contribution in [0.4, 0.5) is 14.9 Å². The van der Waals surface area contributed by atoms with Gasteiger partial charge < -0.3 is 14.8 Å². The second-order valence-corrected chi connectivity index (χ2v) is 10.0. The molecule has 0 aliphatic carbocycles. The number of rotatable bonds is 8. The van der Waals surface area contributed by atoms with Crippen LogP contribution >= 0.6 is 35.0 Å². The van der Waals surface area contributed by atoms with Crippen molar-refractivity contribution in [2.45, 2.75) is 13.5 Å². The Morgan fingerprint density at radius 3 is 2.58 bits per heavy atom. The number of aryl methyl sites for hydroxylation is 1. The van der Waals surface area contributed by atoms with Gasteiger partial charge in [-0.25, -0.2) is 4.39 Å². The van der Waals surface area contributed by atoms with Crippen LogP contribution in [0.3, 0.4) is 0 Å². The zero-order valence-corrected chi connectivity index (χ0v) is 22.5. The number of ether oxygens (including phenoxy) is 2. The van der Waals surface area contributed by atoms with E-state index in [2.05, 4.69) is 5.32 Å². The maximum Gasteiger partial charge on any atom is 0.293 e. The first-order valence-corrected chi connectivity index (χ1v) is 12.8. The SMILES string of the molecule is COc1cc(/C=C2\SC(=O)N(Cc3ccccc3F)C2=O)cc(Cl)c1OCC(=O)Nc1ccc(C)c(Cl)c1. The standard InChI is InChI=1S/C27H21Cl2FN2O5S/c1-15-7-8-18(12-19(15)28)31-24(33)14-37-25-20(29)9-16(10-22(25)36-2)11-23-26(34)32(27(35)38-23)13-17-5-3-4-6-21(17)30/h3-12H,13-14H2,1-2H3,(H,31,33)/b23-11-. The zero-order chi connectivity index (χ0) is 27.4. The number of carbonyl (C=O) groups is 3. The van der Waals surface area contributed by atoms with Crippen LogP contribution in [-0.4, -0.2) is 35.7 Å². The number of imide groups is 1. The molecule has 1 N–H and O–H groups in total. The molecule has 1 aliphatic heterocycles. The lowest BCUT2D eigenvalue weighted by Crippen LogP contribution is -2.27. The largest absolute Gasteiger partial charge is 0.493 e. The Bertz CT molecular complexity index is 1460. The van der Waals surface area contributed by atoms with Crippen LogP contribution in [0, 0.1) is 12.7 Å². The third-order valence-electron chi connectivity index (χ3n) is 5.51. The van der Waals surface area contributed by atoms with Crippen LogP contribution in [0.15, 0.2) is 59.5 Å². The molecule has 1 saturated heterocycles. The Labute approximate surface area is 232 Å². The molecule has 0 atom stereocenters. The topological polar surface area (TPSA) is 84.9 Å². The summed E-state index contributed by atoms with van der Waals surface area (Å²) in [5.41, 5.74) is 2.10. The first-order valence-electron chi connectivity index (χ1n) is 11.2. The van der Waals surface area contributed by atoms with E-state index in [0.717, 1.165) is 22.2 Å². The maximum absolute atomic E-state index is 14.0. The van der Waals surface area contributed by atoms with Crippen molar-refractivity contribution in [2.75, 3.05) is 19.0 Å². The highest BCUT2D eigenvalue weighted by Crippen LogP contribution is 2.39. The number of hydrogen-bond acceptors (Lipinski definition) is 6. The number of thioether (sulfide) groups is 1. The van der Waals surface area contributed by atoms with Crippen molar-refractivity contribution in [2.24, 2.45) is 0 Å². The van der Waals surface area contributed by atoms with Crippen LogP contribution in [0.25, 0.3) is 6.08 Å². The summed E-state index contributed by atoms with van der Waals surface area (Å²) >= 11 is 13.2. The molecule has 3 aromatic rings. The fourth-order valence-electron chi connectivity index (χ4n) is 3.55. The van der Waals surface area contributed by atoms with Gasteiger partial charge in [-0.1, -0.05) is 47.5 Å². The van der Waals surface area contributed by atoms with Gasteiger partial charge in [0.15, 0.2) is 18.1 Å². The molecule has 0 unspecified atom stereocenters. The number of benzene rings is 3. The minimum atomic E-state index is -0.549. The molecule has 3 amide bonds. The van der Waals surface area contributed by atoms with E-state index in [1.54, 1.807) is 30.3 Å². The fourth-order valence-corrected chi connectivity index (χ4v) is 4.85. The lowest BCUT2D eigenvalue weighted by Gasteiger charge is -2.14. The van der Waals surface area contributed by atoms with E-state index < -0.39 is 22.9 Å². The summed E-state index contributed by atoms with van der Waals surface area (Å²) in [6.07, 6.45) is 1.48.